The minimum Gasteiger partial charge on any atom is -0.372 e. The molecule has 0 aromatic heterocycles. The lowest BCUT2D eigenvalue weighted by molar-refractivity contribution is -0.131. The van der Waals surface area contributed by atoms with E-state index in [-0.39, 0.29) is 11.6 Å². The van der Waals surface area contributed by atoms with Crippen molar-refractivity contribution in [2.24, 2.45) is 5.92 Å². The van der Waals surface area contributed by atoms with Gasteiger partial charge >= 0.3 is 0 Å². The molecule has 3 heteroatoms. The average Bonchev–Trinajstić information content (AvgIpc) is 2.61. The molecular weight excluding hydrogens is 288 g/mol. The molecule has 3 nitrogen and oxygen atoms in total. The van der Waals surface area contributed by atoms with E-state index in [9.17, 15) is 9.59 Å². The first kappa shape index (κ1) is 15.4. The molecule has 0 aliphatic carbocycles. The van der Waals surface area contributed by atoms with Gasteiger partial charge in [0.25, 0.3) is 0 Å². The zero-order chi connectivity index (χ0) is 16.1. The Bertz CT molecular complexity index is 704. The lowest BCUT2D eigenvalue weighted by Crippen LogP contribution is -2.40. The fourth-order valence-electron chi connectivity index (χ4n) is 2.74. The molecule has 0 spiro atoms. The van der Waals surface area contributed by atoms with Gasteiger partial charge in [0.1, 0.15) is 11.7 Å². The van der Waals surface area contributed by atoms with Crippen molar-refractivity contribution in [3.05, 3.63) is 77.9 Å². The Morgan fingerprint density at radius 3 is 2.35 bits per heavy atom. The Morgan fingerprint density at radius 2 is 1.65 bits per heavy atom. The molecule has 116 valence electrons. The first-order valence-electron chi connectivity index (χ1n) is 7.72. The van der Waals surface area contributed by atoms with E-state index in [0.29, 0.717) is 18.6 Å². The number of carbonyl (C=O) groups excluding carboxylic acids is 2. The normalized spacial score (nSPS) is 21.5. The number of hydrogen-bond donors (Lipinski definition) is 0. The minimum atomic E-state index is -0.758. The van der Waals surface area contributed by atoms with Crippen molar-refractivity contribution in [1.82, 2.24) is 0 Å². The third-order valence-corrected chi connectivity index (χ3v) is 3.95. The van der Waals surface area contributed by atoms with Crippen LogP contribution in [-0.4, -0.2) is 24.3 Å². The van der Waals surface area contributed by atoms with Crippen molar-refractivity contribution in [1.29, 1.82) is 0 Å². The molecule has 2 aromatic rings. The summed E-state index contributed by atoms with van der Waals surface area (Å²) in [6.07, 6.45) is 3.50. The first-order chi connectivity index (χ1) is 11.3. The summed E-state index contributed by atoms with van der Waals surface area (Å²) in [7, 11) is 0. The summed E-state index contributed by atoms with van der Waals surface area (Å²) in [5, 5.41) is 0. The largest absolute Gasteiger partial charge is 0.372 e. The summed E-state index contributed by atoms with van der Waals surface area (Å²) >= 11 is 0. The van der Waals surface area contributed by atoms with Crippen LogP contribution in [-0.2, 0) is 9.53 Å². The second kappa shape index (κ2) is 7.16. The molecule has 1 aliphatic heterocycles. The number of rotatable bonds is 4. The fraction of sp³-hybridized carbons (Fsp3) is 0.200. The third kappa shape index (κ3) is 3.63. The van der Waals surface area contributed by atoms with Crippen LogP contribution in [0.3, 0.4) is 0 Å². The maximum Gasteiger partial charge on any atom is 0.176 e. The lowest BCUT2D eigenvalue weighted by Gasteiger charge is -2.27. The van der Waals surface area contributed by atoms with Gasteiger partial charge in [0.2, 0.25) is 0 Å². The molecule has 1 heterocycles. The Morgan fingerprint density at radius 1 is 1.00 bits per heavy atom. The van der Waals surface area contributed by atoms with E-state index in [0.717, 1.165) is 5.56 Å². The van der Waals surface area contributed by atoms with Gasteiger partial charge in [-0.05, 0) is 5.56 Å². The summed E-state index contributed by atoms with van der Waals surface area (Å²) in [4.78, 5) is 25.0. The predicted octanol–water partition coefficient (Wildman–Crippen LogP) is 3.56. The molecule has 0 unspecified atom stereocenters. The van der Waals surface area contributed by atoms with Crippen molar-refractivity contribution in [3.8, 4) is 0 Å². The monoisotopic (exact) mass is 306 g/mol. The van der Waals surface area contributed by atoms with Gasteiger partial charge in [0.15, 0.2) is 5.78 Å². The Hall–Kier alpha value is -2.52. The van der Waals surface area contributed by atoms with Crippen LogP contribution >= 0.6 is 0 Å². The molecule has 0 saturated carbocycles. The van der Waals surface area contributed by atoms with Crippen LogP contribution in [0.15, 0.2) is 66.7 Å². The second-order valence-corrected chi connectivity index (χ2v) is 5.53. The maximum absolute atomic E-state index is 12.7. The zero-order valence-corrected chi connectivity index (χ0v) is 12.7. The van der Waals surface area contributed by atoms with Crippen LogP contribution in [0.4, 0.5) is 0 Å². The summed E-state index contributed by atoms with van der Waals surface area (Å²) in [6, 6.07) is 18.7. The molecule has 2 atom stereocenters. The number of carbonyl (C=O) groups is 2. The number of ketones is 2. The van der Waals surface area contributed by atoms with Gasteiger partial charge in [-0.3, -0.25) is 9.59 Å². The fourth-order valence-corrected chi connectivity index (χ4v) is 2.74. The molecule has 0 N–H and O–H groups in total. The molecule has 3 rings (SSSR count). The van der Waals surface area contributed by atoms with Crippen molar-refractivity contribution >= 4 is 17.6 Å². The van der Waals surface area contributed by atoms with E-state index >= 15 is 0 Å². The lowest BCUT2D eigenvalue weighted by atomic mass is 9.85. The predicted molar refractivity (Wildman–Crippen MR) is 89.1 cm³/mol. The molecule has 23 heavy (non-hydrogen) atoms. The average molecular weight is 306 g/mol. The Kier molecular flexibility index (Phi) is 4.79. The molecule has 0 bridgehead atoms. The van der Waals surface area contributed by atoms with Crippen molar-refractivity contribution in [2.75, 3.05) is 6.61 Å². The van der Waals surface area contributed by atoms with Gasteiger partial charge in [-0.2, -0.15) is 0 Å². The van der Waals surface area contributed by atoms with E-state index in [4.69, 9.17) is 4.74 Å². The van der Waals surface area contributed by atoms with Crippen molar-refractivity contribution in [2.45, 2.75) is 12.5 Å². The summed E-state index contributed by atoms with van der Waals surface area (Å²) in [6.45, 7) is 0.362. The van der Waals surface area contributed by atoms with E-state index in [1.807, 2.05) is 48.6 Å². The SMILES string of the molecule is O=C1CCO[C@H](/C=C/c2ccccc2)[C@H]1C(=O)c1ccccc1. The third-order valence-electron chi connectivity index (χ3n) is 3.95. The maximum atomic E-state index is 12.7. The van der Waals surface area contributed by atoms with Crippen LogP contribution in [0.5, 0.6) is 0 Å². The van der Waals surface area contributed by atoms with Gasteiger partial charge in [-0.25, -0.2) is 0 Å². The number of benzene rings is 2. The topological polar surface area (TPSA) is 43.4 Å². The minimum absolute atomic E-state index is 0.0483. The molecule has 0 radical (unpaired) electrons. The van der Waals surface area contributed by atoms with E-state index in [1.165, 1.54) is 0 Å². The van der Waals surface area contributed by atoms with E-state index < -0.39 is 12.0 Å². The summed E-state index contributed by atoms with van der Waals surface area (Å²) in [5.41, 5.74) is 1.56. The summed E-state index contributed by atoms with van der Waals surface area (Å²) in [5.74, 6) is -0.975. The molecule has 1 saturated heterocycles. The van der Waals surface area contributed by atoms with Crippen LogP contribution in [0.2, 0.25) is 0 Å². The van der Waals surface area contributed by atoms with Crippen LogP contribution in [0.1, 0.15) is 22.3 Å². The van der Waals surface area contributed by atoms with E-state index in [2.05, 4.69) is 0 Å². The second-order valence-electron chi connectivity index (χ2n) is 5.53. The van der Waals surface area contributed by atoms with Crippen LogP contribution in [0.25, 0.3) is 6.08 Å². The van der Waals surface area contributed by atoms with Gasteiger partial charge in [0.05, 0.1) is 12.7 Å². The van der Waals surface area contributed by atoms with Gasteiger partial charge in [-0.1, -0.05) is 72.8 Å². The van der Waals surface area contributed by atoms with Gasteiger partial charge in [-0.15, -0.1) is 0 Å². The highest BCUT2D eigenvalue weighted by atomic mass is 16.5. The Labute approximate surface area is 135 Å². The molecule has 1 aliphatic rings. The summed E-state index contributed by atoms with van der Waals surface area (Å²) < 4.78 is 5.70. The first-order valence-corrected chi connectivity index (χ1v) is 7.72. The molecular formula is C20H18O3. The van der Waals surface area contributed by atoms with Crippen molar-refractivity contribution in [3.63, 3.8) is 0 Å². The van der Waals surface area contributed by atoms with Crippen LogP contribution in [0, 0.1) is 5.92 Å². The van der Waals surface area contributed by atoms with Crippen LogP contribution < -0.4 is 0 Å². The number of hydrogen-bond acceptors (Lipinski definition) is 3. The quantitative estimate of drug-likeness (QED) is 0.641. The van der Waals surface area contributed by atoms with Crippen molar-refractivity contribution < 1.29 is 14.3 Å². The zero-order valence-electron chi connectivity index (χ0n) is 12.7. The van der Waals surface area contributed by atoms with Gasteiger partial charge in [0, 0.05) is 12.0 Å². The smallest absolute Gasteiger partial charge is 0.176 e. The highest BCUT2D eigenvalue weighted by Crippen LogP contribution is 2.24. The number of ether oxygens (including phenoxy) is 1. The van der Waals surface area contributed by atoms with Gasteiger partial charge < -0.3 is 4.74 Å². The highest BCUT2D eigenvalue weighted by molar-refractivity contribution is 6.11. The number of Topliss-reactive ketones (excluding diaryl/α,β-unsaturated/α-hetero) is 2. The molecule has 2 aromatic carbocycles. The standard InChI is InChI=1S/C20H18O3/c21-17-13-14-23-18(12-11-15-7-3-1-4-8-15)19(17)20(22)16-9-5-2-6-10-16/h1-12,18-19H,13-14H2/b12-11+/t18-,19+/m1/s1. The van der Waals surface area contributed by atoms with E-state index in [1.54, 1.807) is 24.3 Å². The molecule has 0 amide bonds. The highest BCUT2D eigenvalue weighted by Gasteiger charge is 2.37. The Balaban J connectivity index is 1.84. The molecule has 1 fully saturated rings.